The predicted octanol–water partition coefficient (Wildman–Crippen LogP) is 1.40. The van der Waals surface area contributed by atoms with Gasteiger partial charge in [0.2, 0.25) is 5.91 Å². The van der Waals surface area contributed by atoms with E-state index in [1.165, 1.54) is 0 Å². The smallest absolute Gasteiger partial charge is 0.240 e. The number of piperidine rings is 1. The van der Waals surface area contributed by atoms with Crippen molar-refractivity contribution >= 4 is 5.91 Å². The number of hydrogen-bond donors (Lipinski definition) is 1. The Morgan fingerprint density at radius 2 is 2.28 bits per heavy atom. The summed E-state index contributed by atoms with van der Waals surface area (Å²) in [6.07, 6.45) is 3.26. The topological polar surface area (TPSA) is 41.6 Å². The monoisotopic (exact) mass is 254 g/mol. The van der Waals surface area contributed by atoms with Gasteiger partial charge in [0, 0.05) is 6.54 Å². The van der Waals surface area contributed by atoms with Crippen LogP contribution in [0, 0.1) is 5.41 Å². The van der Waals surface area contributed by atoms with Crippen molar-refractivity contribution in [1.29, 1.82) is 0 Å². The van der Waals surface area contributed by atoms with E-state index >= 15 is 0 Å². The Labute approximate surface area is 110 Å². The van der Waals surface area contributed by atoms with Crippen LogP contribution in [0.25, 0.3) is 0 Å². The van der Waals surface area contributed by atoms with Gasteiger partial charge in [-0.05, 0) is 31.2 Å². The van der Waals surface area contributed by atoms with Crippen LogP contribution in [0.5, 0.6) is 0 Å². The minimum atomic E-state index is -0.0293. The van der Waals surface area contributed by atoms with E-state index < -0.39 is 0 Å². The van der Waals surface area contributed by atoms with Crippen molar-refractivity contribution in [2.24, 2.45) is 5.41 Å². The first kappa shape index (κ1) is 13.8. The molecule has 2 saturated heterocycles. The lowest BCUT2D eigenvalue weighted by Gasteiger charge is -2.44. The quantitative estimate of drug-likeness (QED) is 0.810. The Kier molecular flexibility index (Phi) is 4.28. The van der Waals surface area contributed by atoms with Gasteiger partial charge in [0.25, 0.3) is 0 Å². The summed E-state index contributed by atoms with van der Waals surface area (Å²) in [5.41, 5.74) is 0.0614. The standard InChI is InChI=1S/C14H26N2O2/c1-4-11-10-18-9-8-16(11)13(17)12-14(2,3)6-5-7-15-12/h11-12,15H,4-10H2,1-3H3. The summed E-state index contributed by atoms with van der Waals surface area (Å²) in [5, 5.41) is 3.42. The van der Waals surface area contributed by atoms with Crippen LogP contribution in [0.15, 0.2) is 0 Å². The molecule has 0 aromatic rings. The molecule has 0 bridgehead atoms. The van der Waals surface area contributed by atoms with Gasteiger partial charge in [0.05, 0.1) is 25.3 Å². The second-order valence-electron chi connectivity index (χ2n) is 6.15. The molecule has 2 aliphatic rings. The SMILES string of the molecule is CCC1COCCN1C(=O)C1NCCCC1(C)C. The third-order valence-electron chi connectivity index (χ3n) is 4.36. The van der Waals surface area contributed by atoms with E-state index in [9.17, 15) is 4.79 Å². The number of carbonyl (C=O) groups is 1. The van der Waals surface area contributed by atoms with Crippen molar-refractivity contribution in [2.75, 3.05) is 26.3 Å². The Morgan fingerprint density at radius 1 is 1.50 bits per heavy atom. The molecule has 0 aromatic heterocycles. The molecule has 4 nitrogen and oxygen atoms in total. The van der Waals surface area contributed by atoms with Gasteiger partial charge in [0.15, 0.2) is 0 Å². The van der Waals surface area contributed by atoms with Crippen molar-refractivity contribution in [3.63, 3.8) is 0 Å². The van der Waals surface area contributed by atoms with Crippen LogP contribution < -0.4 is 5.32 Å². The van der Waals surface area contributed by atoms with E-state index in [1.807, 2.05) is 4.90 Å². The van der Waals surface area contributed by atoms with Crippen molar-refractivity contribution < 1.29 is 9.53 Å². The van der Waals surface area contributed by atoms with E-state index in [2.05, 4.69) is 26.1 Å². The molecule has 0 saturated carbocycles. The first-order valence-corrected chi connectivity index (χ1v) is 7.18. The minimum Gasteiger partial charge on any atom is -0.377 e. The van der Waals surface area contributed by atoms with Crippen molar-refractivity contribution in [2.45, 2.75) is 52.1 Å². The Hall–Kier alpha value is -0.610. The van der Waals surface area contributed by atoms with Crippen LogP contribution in [-0.2, 0) is 9.53 Å². The summed E-state index contributed by atoms with van der Waals surface area (Å²) in [5.74, 6) is 0.273. The molecular formula is C14H26N2O2. The highest BCUT2D eigenvalue weighted by atomic mass is 16.5. The summed E-state index contributed by atoms with van der Waals surface area (Å²) in [7, 11) is 0. The lowest BCUT2D eigenvalue weighted by atomic mass is 9.77. The first-order chi connectivity index (χ1) is 8.56. The molecular weight excluding hydrogens is 228 g/mol. The van der Waals surface area contributed by atoms with Crippen molar-refractivity contribution in [3.05, 3.63) is 0 Å². The van der Waals surface area contributed by atoms with E-state index in [-0.39, 0.29) is 23.4 Å². The number of rotatable bonds is 2. The zero-order chi connectivity index (χ0) is 13.2. The van der Waals surface area contributed by atoms with Crippen molar-refractivity contribution in [1.82, 2.24) is 10.2 Å². The van der Waals surface area contributed by atoms with Gasteiger partial charge in [-0.2, -0.15) is 0 Å². The largest absolute Gasteiger partial charge is 0.377 e. The molecule has 18 heavy (non-hydrogen) atoms. The van der Waals surface area contributed by atoms with Crippen LogP contribution >= 0.6 is 0 Å². The summed E-state index contributed by atoms with van der Waals surface area (Å²) >= 11 is 0. The molecule has 2 rings (SSSR count). The predicted molar refractivity (Wildman–Crippen MR) is 71.4 cm³/mol. The highest BCUT2D eigenvalue weighted by molar-refractivity contribution is 5.83. The van der Waals surface area contributed by atoms with Crippen LogP contribution in [0.2, 0.25) is 0 Å². The molecule has 2 heterocycles. The maximum absolute atomic E-state index is 12.7. The lowest BCUT2D eigenvalue weighted by molar-refractivity contribution is -0.146. The molecule has 104 valence electrons. The molecule has 2 aliphatic heterocycles. The van der Waals surface area contributed by atoms with Crippen LogP contribution in [-0.4, -0.2) is 49.2 Å². The molecule has 1 N–H and O–H groups in total. The number of hydrogen-bond acceptors (Lipinski definition) is 3. The number of carbonyl (C=O) groups excluding carboxylic acids is 1. The molecule has 0 aromatic carbocycles. The second-order valence-corrected chi connectivity index (χ2v) is 6.15. The third-order valence-corrected chi connectivity index (χ3v) is 4.36. The average molecular weight is 254 g/mol. The fourth-order valence-electron chi connectivity index (χ4n) is 3.08. The van der Waals surface area contributed by atoms with Crippen LogP contribution in [0.1, 0.15) is 40.0 Å². The van der Waals surface area contributed by atoms with Gasteiger partial charge in [-0.3, -0.25) is 4.79 Å². The first-order valence-electron chi connectivity index (χ1n) is 7.18. The lowest BCUT2D eigenvalue weighted by Crippen LogP contribution is -2.60. The van der Waals surface area contributed by atoms with E-state index in [1.54, 1.807) is 0 Å². The fraction of sp³-hybridized carbons (Fsp3) is 0.929. The molecule has 1 amide bonds. The zero-order valence-corrected chi connectivity index (χ0v) is 11.9. The highest BCUT2D eigenvalue weighted by Crippen LogP contribution is 2.31. The Morgan fingerprint density at radius 3 is 2.94 bits per heavy atom. The minimum absolute atomic E-state index is 0.0293. The third kappa shape index (κ3) is 2.69. The average Bonchev–Trinajstić information content (AvgIpc) is 2.37. The van der Waals surface area contributed by atoms with Gasteiger partial charge in [0.1, 0.15) is 0 Å². The highest BCUT2D eigenvalue weighted by Gasteiger charge is 2.41. The molecule has 0 aliphatic carbocycles. The van der Waals surface area contributed by atoms with Crippen LogP contribution in [0.3, 0.4) is 0 Å². The van der Waals surface area contributed by atoms with E-state index in [4.69, 9.17) is 4.74 Å². The van der Waals surface area contributed by atoms with Gasteiger partial charge in [-0.15, -0.1) is 0 Å². The Balaban J connectivity index is 2.09. The van der Waals surface area contributed by atoms with Gasteiger partial charge in [-0.1, -0.05) is 20.8 Å². The van der Waals surface area contributed by atoms with E-state index in [0.29, 0.717) is 13.2 Å². The number of nitrogens with one attached hydrogen (secondary N) is 1. The number of amides is 1. The van der Waals surface area contributed by atoms with Gasteiger partial charge >= 0.3 is 0 Å². The van der Waals surface area contributed by atoms with Gasteiger partial charge in [-0.25, -0.2) is 0 Å². The maximum Gasteiger partial charge on any atom is 0.240 e. The van der Waals surface area contributed by atoms with E-state index in [0.717, 1.165) is 32.4 Å². The zero-order valence-electron chi connectivity index (χ0n) is 11.9. The molecule has 4 heteroatoms. The molecule has 2 atom stereocenters. The number of morpholine rings is 1. The summed E-state index contributed by atoms with van der Waals surface area (Å²) in [4.78, 5) is 14.8. The Bertz CT molecular complexity index is 304. The van der Waals surface area contributed by atoms with Crippen LogP contribution in [0.4, 0.5) is 0 Å². The summed E-state index contributed by atoms with van der Waals surface area (Å²) in [6.45, 7) is 9.59. The molecule has 2 unspecified atom stereocenters. The molecule has 0 radical (unpaired) electrons. The fourth-order valence-corrected chi connectivity index (χ4v) is 3.08. The molecule has 0 spiro atoms. The number of ether oxygens (including phenoxy) is 1. The van der Waals surface area contributed by atoms with Crippen molar-refractivity contribution in [3.8, 4) is 0 Å². The van der Waals surface area contributed by atoms with Gasteiger partial charge < -0.3 is 15.0 Å². The molecule has 2 fully saturated rings. The maximum atomic E-state index is 12.7. The number of nitrogens with zero attached hydrogens (tertiary/aromatic N) is 1. The second kappa shape index (κ2) is 5.57. The summed E-state index contributed by atoms with van der Waals surface area (Å²) in [6, 6.07) is 0.226. The summed E-state index contributed by atoms with van der Waals surface area (Å²) < 4.78 is 5.48. The normalized spacial score (nSPS) is 32.3.